The molecule has 0 amide bonds. The molecule has 0 saturated carbocycles. The molecule has 0 rings (SSSR count). The number of carboxylic acid groups (broad SMARTS) is 1. The minimum atomic E-state index is -0.613. The Bertz CT molecular complexity index is 137. The Labute approximate surface area is 110 Å². The van der Waals surface area contributed by atoms with Crippen molar-refractivity contribution in [2.45, 2.75) is 58.8 Å². The van der Waals surface area contributed by atoms with E-state index in [-0.39, 0.29) is 35.5 Å². The quantitative estimate of drug-likeness (QED) is 0.494. The number of carbonyl (C=O) groups is 1. The number of hydrogen-bond donors (Lipinski definition) is 1. The van der Waals surface area contributed by atoms with Crippen LogP contribution in [0.2, 0.25) is 0 Å². The maximum atomic E-state index is 10.8. The van der Waals surface area contributed by atoms with E-state index in [0.717, 1.165) is 25.7 Å². The van der Waals surface area contributed by atoms with Crippen LogP contribution in [0.5, 0.6) is 0 Å². The van der Waals surface area contributed by atoms with Crippen molar-refractivity contribution in [3.63, 3.8) is 0 Å². The molecule has 0 aliphatic heterocycles. The van der Waals surface area contributed by atoms with Crippen molar-refractivity contribution in [1.82, 2.24) is 0 Å². The molecule has 3 heteroatoms. The molecule has 0 aliphatic carbocycles. The van der Waals surface area contributed by atoms with Crippen molar-refractivity contribution in [2.75, 3.05) is 0 Å². The zero-order valence-corrected chi connectivity index (χ0v) is 8.88. The first-order valence-electron chi connectivity index (χ1n) is 5.45. The van der Waals surface area contributed by atoms with Crippen LogP contribution >= 0.6 is 0 Å². The van der Waals surface area contributed by atoms with Gasteiger partial charge in [0.2, 0.25) is 0 Å². The van der Waals surface area contributed by atoms with Crippen LogP contribution in [-0.4, -0.2) is 40.6 Å². The summed E-state index contributed by atoms with van der Waals surface area (Å²) >= 11 is 0. The fraction of sp³-hybridized carbons (Fsp3) is 0.909. The van der Waals surface area contributed by atoms with Gasteiger partial charge in [-0.05, 0) is 12.8 Å². The monoisotopic (exact) mass is 210 g/mol. The van der Waals surface area contributed by atoms with Crippen molar-refractivity contribution in [2.24, 2.45) is 5.92 Å². The summed E-state index contributed by atoms with van der Waals surface area (Å²) in [4.78, 5) is 10.8. The van der Waals surface area contributed by atoms with E-state index in [1.807, 2.05) is 6.92 Å². The van der Waals surface area contributed by atoms with Gasteiger partial charge in [-0.3, -0.25) is 4.79 Å². The third kappa shape index (κ3) is 9.04. The number of rotatable bonds is 8. The molecular weight excluding hydrogens is 187 g/mol. The number of hydrogen-bond acceptors (Lipinski definition) is 1. The van der Waals surface area contributed by atoms with Crippen LogP contribution in [0, 0.1) is 5.92 Å². The summed E-state index contributed by atoms with van der Waals surface area (Å²) in [5, 5.41) is 8.86. The van der Waals surface area contributed by atoms with Gasteiger partial charge < -0.3 is 5.11 Å². The SMILES string of the molecule is CCCCCCC(CCC)C(=O)O.[NaH]. The summed E-state index contributed by atoms with van der Waals surface area (Å²) in [7, 11) is 0. The van der Waals surface area contributed by atoms with Gasteiger partial charge in [-0.2, -0.15) is 0 Å². The van der Waals surface area contributed by atoms with Gasteiger partial charge >= 0.3 is 35.5 Å². The van der Waals surface area contributed by atoms with E-state index in [1.54, 1.807) is 0 Å². The number of aliphatic carboxylic acids is 1. The van der Waals surface area contributed by atoms with Gasteiger partial charge in [0.1, 0.15) is 0 Å². The molecule has 0 aromatic rings. The molecule has 80 valence electrons. The van der Waals surface area contributed by atoms with Crippen LogP contribution in [0.3, 0.4) is 0 Å². The fourth-order valence-corrected chi connectivity index (χ4v) is 1.56. The third-order valence-electron chi connectivity index (χ3n) is 2.39. The van der Waals surface area contributed by atoms with Crippen molar-refractivity contribution in [1.29, 1.82) is 0 Å². The van der Waals surface area contributed by atoms with Crippen molar-refractivity contribution >= 4 is 35.5 Å². The first-order valence-corrected chi connectivity index (χ1v) is 5.45. The molecule has 0 radical (unpaired) electrons. The second-order valence-corrected chi connectivity index (χ2v) is 3.67. The average molecular weight is 210 g/mol. The predicted molar refractivity (Wildman–Crippen MR) is 61.9 cm³/mol. The molecule has 14 heavy (non-hydrogen) atoms. The van der Waals surface area contributed by atoms with E-state index in [4.69, 9.17) is 5.11 Å². The van der Waals surface area contributed by atoms with Crippen LogP contribution in [0.1, 0.15) is 58.8 Å². The molecule has 0 aromatic heterocycles. The van der Waals surface area contributed by atoms with Gasteiger partial charge in [-0.25, -0.2) is 0 Å². The molecule has 0 bridgehead atoms. The van der Waals surface area contributed by atoms with Crippen LogP contribution in [0.15, 0.2) is 0 Å². The summed E-state index contributed by atoms with van der Waals surface area (Å²) in [6.07, 6.45) is 7.38. The average Bonchev–Trinajstić information content (AvgIpc) is 2.10. The molecule has 2 nitrogen and oxygen atoms in total. The first kappa shape index (κ1) is 16.9. The zero-order chi connectivity index (χ0) is 10.1. The van der Waals surface area contributed by atoms with E-state index in [2.05, 4.69) is 6.92 Å². The van der Waals surface area contributed by atoms with Gasteiger partial charge in [-0.1, -0.05) is 46.0 Å². The minimum absolute atomic E-state index is 0. The third-order valence-corrected chi connectivity index (χ3v) is 2.39. The van der Waals surface area contributed by atoms with E-state index in [9.17, 15) is 4.79 Å². The van der Waals surface area contributed by atoms with E-state index in [1.165, 1.54) is 19.3 Å². The summed E-state index contributed by atoms with van der Waals surface area (Å²) < 4.78 is 0. The van der Waals surface area contributed by atoms with E-state index in [0.29, 0.717) is 0 Å². The van der Waals surface area contributed by atoms with Gasteiger partial charge in [0.05, 0.1) is 5.92 Å². The maximum absolute atomic E-state index is 10.8. The molecule has 0 spiro atoms. The molecule has 0 heterocycles. The molecule has 1 N–H and O–H groups in total. The second kappa shape index (κ2) is 11.5. The second-order valence-electron chi connectivity index (χ2n) is 3.67. The molecule has 1 unspecified atom stereocenters. The standard InChI is InChI=1S/C11H22O2.Na.H/c1-3-5-6-7-9-10(8-4-2)11(12)13;;/h10H,3-9H2,1-2H3,(H,12,13);;. The molecule has 0 aromatic carbocycles. The molecule has 1 atom stereocenters. The Kier molecular flexibility index (Phi) is 13.9. The number of carboxylic acids is 1. The predicted octanol–water partition coefficient (Wildman–Crippen LogP) is 2.81. The molecule has 0 saturated heterocycles. The summed E-state index contributed by atoms with van der Waals surface area (Å²) in [5.74, 6) is -0.708. The Hall–Kier alpha value is 0.470. The molecular formula is C11H23NaO2. The Morgan fingerprint density at radius 2 is 1.71 bits per heavy atom. The summed E-state index contributed by atoms with van der Waals surface area (Å²) in [6, 6.07) is 0. The van der Waals surface area contributed by atoms with Crippen molar-refractivity contribution in [3.8, 4) is 0 Å². The summed E-state index contributed by atoms with van der Waals surface area (Å²) in [5.41, 5.74) is 0. The number of unbranched alkanes of at least 4 members (excludes halogenated alkanes) is 3. The van der Waals surface area contributed by atoms with Crippen LogP contribution in [0.25, 0.3) is 0 Å². The van der Waals surface area contributed by atoms with Gasteiger partial charge in [0.15, 0.2) is 0 Å². The topological polar surface area (TPSA) is 37.3 Å². The van der Waals surface area contributed by atoms with E-state index >= 15 is 0 Å². The van der Waals surface area contributed by atoms with Gasteiger partial charge in [0, 0.05) is 0 Å². The normalized spacial score (nSPS) is 11.9. The summed E-state index contributed by atoms with van der Waals surface area (Å²) in [6.45, 7) is 4.21. The van der Waals surface area contributed by atoms with Crippen molar-refractivity contribution in [3.05, 3.63) is 0 Å². The van der Waals surface area contributed by atoms with Crippen LogP contribution < -0.4 is 0 Å². The molecule has 0 aliphatic rings. The van der Waals surface area contributed by atoms with Gasteiger partial charge in [-0.15, -0.1) is 0 Å². The Morgan fingerprint density at radius 1 is 1.07 bits per heavy atom. The van der Waals surface area contributed by atoms with Crippen LogP contribution in [-0.2, 0) is 4.79 Å². The molecule has 0 fully saturated rings. The Morgan fingerprint density at radius 3 is 2.14 bits per heavy atom. The van der Waals surface area contributed by atoms with Gasteiger partial charge in [0.25, 0.3) is 0 Å². The fourth-order valence-electron chi connectivity index (χ4n) is 1.56. The van der Waals surface area contributed by atoms with Crippen molar-refractivity contribution < 1.29 is 9.90 Å². The first-order chi connectivity index (χ1) is 6.22. The zero-order valence-electron chi connectivity index (χ0n) is 8.88. The Balaban J connectivity index is 0. The van der Waals surface area contributed by atoms with E-state index < -0.39 is 5.97 Å². The van der Waals surface area contributed by atoms with Crippen LogP contribution in [0.4, 0.5) is 0 Å².